The highest BCUT2D eigenvalue weighted by atomic mass is 16.5. The maximum Gasteiger partial charge on any atom is 0.308 e. The maximum atomic E-state index is 11.0. The molecule has 0 unspecified atom stereocenters. The van der Waals surface area contributed by atoms with Crippen LogP contribution in [0.3, 0.4) is 0 Å². The lowest BCUT2D eigenvalue weighted by atomic mass is 10.0. The van der Waals surface area contributed by atoms with E-state index >= 15 is 0 Å². The lowest BCUT2D eigenvalue weighted by Crippen LogP contribution is -2.07. The maximum absolute atomic E-state index is 11.0. The van der Waals surface area contributed by atoms with E-state index in [9.17, 15) is 4.79 Å². The molecule has 0 aliphatic carbocycles. The molecule has 0 aliphatic rings. The molecule has 0 aromatic carbocycles. The number of hydrogen-bond donors (Lipinski definition) is 1. The van der Waals surface area contributed by atoms with Gasteiger partial charge >= 0.3 is 5.97 Å². The summed E-state index contributed by atoms with van der Waals surface area (Å²) in [5.41, 5.74) is 0. The molecule has 0 heterocycles. The van der Waals surface area contributed by atoms with E-state index in [2.05, 4.69) is 6.92 Å². The molecule has 0 amide bonds. The van der Waals surface area contributed by atoms with Crippen LogP contribution in [0.2, 0.25) is 0 Å². The van der Waals surface area contributed by atoms with E-state index < -0.39 is 0 Å². The first-order valence-electron chi connectivity index (χ1n) is 11.6. The quantitative estimate of drug-likeness (QED) is 0.175. The van der Waals surface area contributed by atoms with E-state index in [1.165, 1.54) is 103 Å². The molecule has 26 heavy (non-hydrogen) atoms. The van der Waals surface area contributed by atoms with Crippen molar-refractivity contribution in [3.8, 4) is 0 Å². The smallest absolute Gasteiger partial charge is 0.308 e. The molecule has 3 nitrogen and oxygen atoms in total. The number of esters is 1. The van der Waals surface area contributed by atoms with Gasteiger partial charge in [-0.25, -0.2) is 0 Å². The lowest BCUT2D eigenvalue weighted by molar-refractivity contribution is -0.144. The van der Waals surface area contributed by atoms with Crippen LogP contribution in [0.25, 0.3) is 0 Å². The molecular weight excluding hydrogens is 324 g/mol. The van der Waals surface area contributed by atoms with Crippen LogP contribution in [0.4, 0.5) is 0 Å². The van der Waals surface area contributed by atoms with Crippen molar-refractivity contribution in [3.63, 3.8) is 0 Å². The van der Waals surface area contributed by atoms with Crippen LogP contribution in [0.1, 0.15) is 129 Å². The molecule has 0 radical (unpaired) electrons. The Morgan fingerprint density at radius 1 is 0.615 bits per heavy atom. The third-order valence-electron chi connectivity index (χ3n) is 5.08. The second kappa shape index (κ2) is 22.5. The summed E-state index contributed by atoms with van der Waals surface area (Å²) in [7, 11) is 0. The summed E-state index contributed by atoms with van der Waals surface area (Å²) in [5, 5.41) is 8.59. The van der Waals surface area contributed by atoms with Crippen LogP contribution >= 0.6 is 0 Å². The van der Waals surface area contributed by atoms with Crippen molar-refractivity contribution >= 4 is 5.97 Å². The first kappa shape index (κ1) is 25.4. The van der Waals surface area contributed by atoms with Crippen LogP contribution < -0.4 is 0 Å². The highest BCUT2D eigenvalue weighted by molar-refractivity contribution is 5.69. The summed E-state index contributed by atoms with van der Waals surface area (Å²) in [6, 6.07) is 0. The van der Waals surface area contributed by atoms with E-state index in [0.29, 0.717) is 6.61 Å². The van der Waals surface area contributed by atoms with Crippen molar-refractivity contribution < 1.29 is 14.6 Å². The van der Waals surface area contributed by atoms with Crippen molar-refractivity contribution in [1.82, 2.24) is 0 Å². The molecule has 0 fully saturated rings. The van der Waals surface area contributed by atoms with Gasteiger partial charge in [0.05, 0.1) is 19.6 Å². The predicted octanol–water partition coefficient (Wildman–Crippen LogP) is 6.95. The number of carbonyl (C=O) groups excluding carboxylic acids is 1. The topological polar surface area (TPSA) is 46.5 Å². The SMILES string of the molecule is CCCCCCCCCCCCCCCCCCCCOC(=O)CCO. The minimum Gasteiger partial charge on any atom is -0.466 e. The van der Waals surface area contributed by atoms with E-state index in [0.717, 1.165) is 12.8 Å². The Bertz CT molecular complexity index is 279. The van der Waals surface area contributed by atoms with Gasteiger partial charge in [-0.05, 0) is 6.42 Å². The van der Waals surface area contributed by atoms with Crippen LogP contribution in [0.5, 0.6) is 0 Å². The second-order valence-electron chi connectivity index (χ2n) is 7.70. The average Bonchev–Trinajstić information content (AvgIpc) is 2.64. The molecule has 0 saturated heterocycles. The van der Waals surface area contributed by atoms with Gasteiger partial charge in [0.15, 0.2) is 0 Å². The first-order valence-corrected chi connectivity index (χ1v) is 11.6. The fraction of sp³-hybridized carbons (Fsp3) is 0.957. The highest BCUT2D eigenvalue weighted by Crippen LogP contribution is 2.14. The number of aliphatic hydroxyl groups is 1. The minimum atomic E-state index is -0.278. The molecule has 156 valence electrons. The highest BCUT2D eigenvalue weighted by Gasteiger charge is 2.00. The first-order chi connectivity index (χ1) is 12.8. The van der Waals surface area contributed by atoms with Gasteiger partial charge in [0, 0.05) is 0 Å². The number of aliphatic hydroxyl groups excluding tert-OH is 1. The summed E-state index contributed by atoms with van der Waals surface area (Å²) in [6.45, 7) is 2.68. The molecule has 0 atom stereocenters. The standard InChI is InChI=1S/C23H46O3/c1-2-3-4-5-6-7-8-9-10-11-12-13-14-15-16-17-18-19-22-26-23(25)20-21-24/h24H,2-22H2,1H3. The molecule has 0 aromatic rings. The van der Waals surface area contributed by atoms with E-state index in [1.807, 2.05) is 0 Å². The number of carbonyl (C=O) groups is 1. The molecule has 0 bridgehead atoms. The van der Waals surface area contributed by atoms with Gasteiger partial charge in [-0.15, -0.1) is 0 Å². The van der Waals surface area contributed by atoms with Crippen LogP contribution in [-0.4, -0.2) is 24.3 Å². The monoisotopic (exact) mass is 370 g/mol. The Balaban J connectivity index is 3.02. The third kappa shape index (κ3) is 21.5. The third-order valence-corrected chi connectivity index (χ3v) is 5.08. The normalized spacial score (nSPS) is 11.0. The van der Waals surface area contributed by atoms with E-state index in [4.69, 9.17) is 9.84 Å². The number of hydrogen-bond acceptors (Lipinski definition) is 3. The fourth-order valence-electron chi connectivity index (χ4n) is 3.35. The van der Waals surface area contributed by atoms with Crippen molar-refractivity contribution in [2.75, 3.05) is 13.2 Å². The minimum absolute atomic E-state index is 0.113. The summed E-state index contributed by atoms with van der Waals surface area (Å²) in [5.74, 6) is -0.278. The largest absolute Gasteiger partial charge is 0.466 e. The molecule has 1 N–H and O–H groups in total. The van der Waals surface area contributed by atoms with E-state index in [-0.39, 0.29) is 19.0 Å². The van der Waals surface area contributed by atoms with E-state index in [1.54, 1.807) is 0 Å². The molecular formula is C23H46O3. The van der Waals surface area contributed by atoms with Crippen molar-refractivity contribution in [2.24, 2.45) is 0 Å². The Labute approximate surface area is 163 Å². The van der Waals surface area contributed by atoms with Gasteiger partial charge in [0.2, 0.25) is 0 Å². The fourth-order valence-corrected chi connectivity index (χ4v) is 3.35. The average molecular weight is 371 g/mol. The van der Waals surface area contributed by atoms with Crippen LogP contribution in [0, 0.1) is 0 Å². The van der Waals surface area contributed by atoms with Crippen molar-refractivity contribution in [3.05, 3.63) is 0 Å². The van der Waals surface area contributed by atoms with Crippen LogP contribution in [0.15, 0.2) is 0 Å². The van der Waals surface area contributed by atoms with Gasteiger partial charge in [0.1, 0.15) is 0 Å². The summed E-state index contributed by atoms with van der Waals surface area (Å²) in [6.07, 6.45) is 24.6. The van der Waals surface area contributed by atoms with Crippen molar-refractivity contribution in [2.45, 2.75) is 129 Å². The molecule has 0 aliphatic heterocycles. The number of unbranched alkanes of at least 4 members (excludes halogenated alkanes) is 17. The molecule has 0 aromatic heterocycles. The van der Waals surface area contributed by atoms with Crippen molar-refractivity contribution in [1.29, 1.82) is 0 Å². The van der Waals surface area contributed by atoms with Gasteiger partial charge in [-0.1, -0.05) is 116 Å². The molecule has 0 saturated carbocycles. The van der Waals surface area contributed by atoms with Gasteiger partial charge in [0.25, 0.3) is 0 Å². The van der Waals surface area contributed by atoms with Gasteiger partial charge < -0.3 is 9.84 Å². The summed E-state index contributed by atoms with van der Waals surface area (Å²) in [4.78, 5) is 11.0. The summed E-state index contributed by atoms with van der Waals surface area (Å²) < 4.78 is 5.01. The Morgan fingerprint density at radius 3 is 1.31 bits per heavy atom. The molecule has 0 spiro atoms. The zero-order valence-corrected chi connectivity index (χ0v) is 17.6. The Morgan fingerprint density at radius 2 is 0.962 bits per heavy atom. The van der Waals surface area contributed by atoms with Gasteiger partial charge in [-0.3, -0.25) is 4.79 Å². The van der Waals surface area contributed by atoms with Crippen LogP contribution in [-0.2, 0) is 9.53 Å². The Kier molecular flexibility index (Phi) is 22.0. The zero-order chi connectivity index (χ0) is 19.1. The number of ether oxygens (including phenoxy) is 1. The Hall–Kier alpha value is -0.570. The molecule has 3 heteroatoms. The lowest BCUT2D eigenvalue weighted by Gasteiger charge is -2.05. The summed E-state index contributed by atoms with van der Waals surface area (Å²) >= 11 is 0. The van der Waals surface area contributed by atoms with Gasteiger partial charge in [-0.2, -0.15) is 0 Å². The second-order valence-corrected chi connectivity index (χ2v) is 7.70. The predicted molar refractivity (Wildman–Crippen MR) is 111 cm³/mol. The zero-order valence-electron chi connectivity index (χ0n) is 17.6. The molecule has 0 rings (SSSR count). The number of rotatable bonds is 21.